The molecule has 0 radical (unpaired) electrons. The molecular weight excluding hydrogens is 312 g/mol. The maximum Gasteiger partial charge on any atom is 0.357 e. The summed E-state index contributed by atoms with van der Waals surface area (Å²) in [7, 11) is -4.42. The van der Waals surface area contributed by atoms with E-state index in [9.17, 15) is 13.5 Å². The van der Waals surface area contributed by atoms with E-state index in [2.05, 4.69) is 4.99 Å². The van der Waals surface area contributed by atoms with Crippen LogP contribution in [0.25, 0.3) is 0 Å². The number of ether oxygens (including phenoxy) is 1. The Kier molecular flexibility index (Phi) is 3.94. The summed E-state index contributed by atoms with van der Waals surface area (Å²) >= 11 is 0. The van der Waals surface area contributed by atoms with E-state index < -0.39 is 28.1 Å². The van der Waals surface area contributed by atoms with Crippen LogP contribution in [0.5, 0.6) is 5.75 Å². The summed E-state index contributed by atoms with van der Waals surface area (Å²) in [6.45, 7) is 3.36. The number of hydrogen-bond donors (Lipinski definition) is 5. The van der Waals surface area contributed by atoms with Gasteiger partial charge in [-0.25, -0.2) is 4.99 Å². The van der Waals surface area contributed by atoms with Gasteiger partial charge in [-0.05, 0) is 32.0 Å². The number of fused-ring (bicyclic) bond motifs is 1. The van der Waals surface area contributed by atoms with Crippen molar-refractivity contribution >= 4 is 22.0 Å². The second kappa shape index (κ2) is 5.30. The summed E-state index contributed by atoms with van der Waals surface area (Å²) in [6, 6.07) is 3.48. The fraction of sp³-hybridized carbons (Fsp3) is 0.417. The topological polar surface area (TPSA) is 160 Å². The smallest absolute Gasteiger partial charge is 0.357 e. The zero-order valence-corrected chi connectivity index (χ0v) is 12.8. The van der Waals surface area contributed by atoms with Gasteiger partial charge in [0.05, 0.1) is 5.69 Å². The number of nitrogens with zero attached hydrogens (tertiary/aromatic N) is 1. The van der Waals surface area contributed by atoms with Crippen molar-refractivity contribution in [2.75, 3.05) is 4.72 Å². The van der Waals surface area contributed by atoms with E-state index in [1.165, 1.54) is 18.2 Å². The first-order chi connectivity index (χ1) is 9.99. The SMILES string of the molecule is CC1(C)Oc2ccc(NS(=O)(=O)O)cc2C(N=C(N)N)C1O. The number of guanidine groups is 1. The molecule has 122 valence electrons. The van der Waals surface area contributed by atoms with Crippen molar-refractivity contribution in [1.82, 2.24) is 0 Å². The first kappa shape index (κ1) is 16.3. The highest BCUT2D eigenvalue weighted by molar-refractivity contribution is 7.87. The Morgan fingerprint density at radius 2 is 2.05 bits per heavy atom. The van der Waals surface area contributed by atoms with E-state index in [-0.39, 0.29) is 11.6 Å². The molecule has 2 atom stereocenters. The lowest BCUT2D eigenvalue weighted by Gasteiger charge is -2.40. The van der Waals surface area contributed by atoms with Gasteiger partial charge in [0.25, 0.3) is 0 Å². The van der Waals surface area contributed by atoms with Gasteiger partial charge in [0.2, 0.25) is 0 Å². The summed E-state index contributed by atoms with van der Waals surface area (Å²) in [6.07, 6.45) is -1.05. The summed E-state index contributed by atoms with van der Waals surface area (Å²) in [5, 5.41) is 10.4. The Bertz CT molecular complexity index is 712. The third-order valence-electron chi connectivity index (χ3n) is 3.25. The van der Waals surface area contributed by atoms with Crippen LogP contribution in [0.2, 0.25) is 0 Å². The van der Waals surface area contributed by atoms with Crippen molar-refractivity contribution in [1.29, 1.82) is 0 Å². The maximum atomic E-state index is 10.9. The molecular formula is C12H18N4O5S. The van der Waals surface area contributed by atoms with Crippen molar-refractivity contribution in [2.45, 2.75) is 31.6 Å². The average molecular weight is 330 g/mol. The second-order valence-corrected chi connectivity index (χ2v) is 6.63. The number of benzene rings is 1. The van der Waals surface area contributed by atoms with Crippen LogP contribution in [-0.2, 0) is 10.3 Å². The van der Waals surface area contributed by atoms with Gasteiger partial charge >= 0.3 is 10.3 Å². The molecule has 1 aromatic carbocycles. The van der Waals surface area contributed by atoms with Crippen LogP contribution in [0, 0.1) is 0 Å². The van der Waals surface area contributed by atoms with Gasteiger partial charge in [-0.15, -0.1) is 0 Å². The molecule has 0 amide bonds. The van der Waals surface area contributed by atoms with Gasteiger partial charge < -0.3 is 21.3 Å². The summed E-state index contributed by atoms with van der Waals surface area (Å²) in [4.78, 5) is 3.99. The molecule has 0 spiro atoms. The molecule has 1 aliphatic heterocycles. The van der Waals surface area contributed by atoms with E-state index in [1.54, 1.807) is 13.8 Å². The first-order valence-corrected chi connectivity index (χ1v) is 7.78. The van der Waals surface area contributed by atoms with Crippen LogP contribution in [0.15, 0.2) is 23.2 Å². The number of hydrogen-bond acceptors (Lipinski definition) is 5. The fourth-order valence-electron chi connectivity index (χ4n) is 2.28. The number of nitrogens with one attached hydrogen (secondary N) is 1. The molecule has 0 fully saturated rings. The lowest BCUT2D eigenvalue weighted by Crippen LogP contribution is -2.49. The molecule has 0 aliphatic carbocycles. The van der Waals surface area contributed by atoms with E-state index in [0.29, 0.717) is 11.3 Å². The molecule has 0 saturated heterocycles. The largest absolute Gasteiger partial charge is 0.485 e. The predicted octanol–water partition coefficient (Wildman–Crippen LogP) is -0.252. The first-order valence-electron chi connectivity index (χ1n) is 6.34. The molecule has 10 heteroatoms. The van der Waals surface area contributed by atoms with Gasteiger partial charge in [-0.2, -0.15) is 8.42 Å². The molecule has 7 N–H and O–H groups in total. The van der Waals surface area contributed by atoms with E-state index in [1.807, 2.05) is 4.72 Å². The number of aliphatic imine (C=N–C) groups is 1. The molecule has 1 heterocycles. The Hall–Kier alpha value is -2.04. The van der Waals surface area contributed by atoms with Gasteiger partial charge in [-0.1, -0.05) is 0 Å². The van der Waals surface area contributed by atoms with Crippen LogP contribution in [0.4, 0.5) is 5.69 Å². The number of anilines is 1. The molecule has 2 unspecified atom stereocenters. The monoisotopic (exact) mass is 330 g/mol. The molecule has 0 aromatic heterocycles. The Balaban J connectivity index is 2.53. The van der Waals surface area contributed by atoms with Crippen molar-refractivity contribution in [2.24, 2.45) is 16.5 Å². The quantitative estimate of drug-likeness (QED) is 0.290. The summed E-state index contributed by atoms with van der Waals surface area (Å²) in [5.74, 6) is 0.187. The number of rotatable bonds is 3. The van der Waals surface area contributed by atoms with Crippen molar-refractivity contribution in [3.8, 4) is 5.75 Å². The van der Waals surface area contributed by atoms with Gasteiger partial charge in [0.15, 0.2) is 5.96 Å². The summed E-state index contributed by atoms with van der Waals surface area (Å²) in [5.41, 5.74) is 10.3. The Morgan fingerprint density at radius 3 is 2.59 bits per heavy atom. The lowest BCUT2D eigenvalue weighted by atomic mass is 9.87. The van der Waals surface area contributed by atoms with Crippen LogP contribution < -0.4 is 20.9 Å². The Morgan fingerprint density at radius 1 is 1.41 bits per heavy atom. The minimum absolute atomic E-state index is 0.0903. The molecule has 22 heavy (non-hydrogen) atoms. The summed E-state index contributed by atoms with van der Waals surface area (Å²) < 4.78 is 38.2. The van der Waals surface area contributed by atoms with Gasteiger partial charge in [0, 0.05) is 5.56 Å². The molecule has 9 nitrogen and oxygen atoms in total. The highest BCUT2D eigenvalue weighted by atomic mass is 32.2. The third-order valence-corrected chi connectivity index (χ3v) is 3.74. The van der Waals surface area contributed by atoms with Crippen molar-refractivity contribution in [3.05, 3.63) is 23.8 Å². The average Bonchev–Trinajstić information content (AvgIpc) is 2.33. The number of aliphatic hydroxyl groups is 1. The number of nitrogens with two attached hydrogens (primary N) is 2. The highest BCUT2D eigenvalue weighted by Crippen LogP contribution is 2.42. The zero-order chi connectivity index (χ0) is 16.7. The fourth-order valence-corrected chi connectivity index (χ4v) is 2.70. The molecule has 1 aliphatic rings. The van der Waals surface area contributed by atoms with Crippen LogP contribution in [0.3, 0.4) is 0 Å². The van der Waals surface area contributed by atoms with Crippen LogP contribution >= 0.6 is 0 Å². The van der Waals surface area contributed by atoms with Crippen molar-refractivity contribution in [3.63, 3.8) is 0 Å². The molecule has 0 bridgehead atoms. The van der Waals surface area contributed by atoms with Gasteiger partial charge in [-0.3, -0.25) is 9.27 Å². The molecule has 0 saturated carbocycles. The highest BCUT2D eigenvalue weighted by Gasteiger charge is 2.43. The normalized spacial score (nSPS) is 23.1. The standard InChI is InChI=1S/C12H18N4O5S/c1-12(2)10(17)9(15-11(13)14)7-5-6(16-22(18,19)20)3-4-8(7)21-12/h3-5,9-10,16-17H,1-2H3,(H4,13,14,15)(H,18,19,20). The van der Waals surface area contributed by atoms with Crippen LogP contribution in [0.1, 0.15) is 25.5 Å². The number of aliphatic hydroxyl groups excluding tert-OH is 1. The van der Waals surface area contributed by atoms with E-state index >= 15 is 0 Å². The molecule has 1 aromatic rings. The minimum Gasteiger partial charge on any atom is -0.485 e. The zero-order valence-electron chi connectivity index (χ0n) is 12.0. The third kappa shape index (κ3) is 3.40. The second-order valence-electron chi connectivity index (χ2n) is 5.48. The van der Waals surface area contributed by atoms with Crippen LogP contribution in [-0.4, -0.2) is 35.7 Å². The van der Waals surface area contributed by atoms with E-state index in [4.69, 9.17) is 20.8 Å². The molecule has 2 rings (SSSR count). The minimum atomic E-state index is -4.42. The van der Waals surface area contributed by atoms with E-state index in [0.717, 1.165) is 0 Å². The Labute approximate surface area is 127 Å². The maximum absolute atomic E-state index is 10.9. The lowest BCUT2D eigenvalue weighted by molar-refractivity contribution is -0.0566. The van der Waals surface area contributed by atoms with Gasteiger partial charge in [0.1, 0.15) is 23.5 Å². The predicted molar refractivity (Wildman–Crippen MR) is 80.9 cm³/mol. The van der Waals surface area contributed by atoms with Crippen molar-refractivity contribution < 1.29 is 22.8 Å².